The third-order valence-corrected chi connectivity index (χ3v) is 5.35. The highest BCUT2D eigenvalue weighted by atomic mass is 16.5. The number of benzene rings is 2. The van der Waals surface area contributed by atoms with E-state index in [0.29, 0.717) is 13.2 Å². The van der Waals surface area contributed by atoms with Gasteiger partial charge in [0.25, 0.3) is 5.91 Å². The van der Waals surface area contributed by atoms with Crippen LogP contribution < -0.4 is 16.0 Å². The van der Waals surface area contributed by atoms with Crippen LogP contribution in [0.25, 0.3) is 0 Å². The van der Waals surface area contributed by atoms with Gasteiger partial charge in [-0.3, -0.25) is 9.79 Å². The molecule has 0 aliphatic carbocycles. The first-order valence-corrected chi connectivity index (χ1v) is 10.5. The molecule has 1 fully saturated rings. The van der Waals surface area contributed by atoms with Crippen LogP contribution in [0.3, 0.4) is 0 Å². The second-order valence-electron chi connectivity index (χ2n) is 8.22. The van der Waals surface area contributed by atoms with Gasteiger partial charge in [0.05, 0.1) is 0 Å². The summed E-state index contributed by atoms with van der Waals surface area (Å²) in [5.74, 6) is 0.672. The van der Waals surface area contributed by atoms with Gasteiger partial charge in [-0.1, -0.05) is 56.3 Å². The zero-order chi connectivity index (χ0) is 21.4. The number of nitrogens with zero attached hydrogens (tertiary/aromatic N) is 1. The smallest absolute Gasteiger partial charge is 0.253 e. The first-order valence-electron chi connectivity index (χ1n) is 10.5. The monoisotopic (exact) mass is 408 g/mol. The molecule has 30 heavy (non-hydrogen) atoms. The highest BCUT2D eigenvalue weighted by Gasteiger charge is 2.23. The molecule has 1 unspecified atom stereocenters. The minimum absolute atomic E-state index is 0.0224. The van der Waals surface area contributed by atoms with Gasteiger partial charge in [0, 0.05) is 37.8 Å². The van der Waals surface area contributed by atoms with Gasteiger partial charge in [0.1, 0.15) is 6.10 Å². The SMILES string of the molecule is CN=C(NCc1cccc(NC(=O)C2CCCO2)c1)NCC(C)(C)c1ccccc1. The minimum Gasteiger partial charge on any atom is -0.368 e. The first kappa shape index (κ1) is 21.8. The number of hydrogen-bond donors (Lipinski definition) is 3. The van der Waals surface area contributed by atoms with Gasteiger partial charge in [-0.05, 0) is 36.1 Å². The quantitative estimate of drug-likeness (QED) is 0.485. The molecule has 1 saturated heterocycles. The molecule has 160 valence electrons. The van der Waals surface area contributed by atoms with Gasteiger partial charge < -0.3 is 20.7 Å². The summed E-state index contributed by atoms with van der Waals surface area (Å²) >= 11 is 0. The molecule has 1 aliphatic heterocycles. The van der Waals surface area contributed by atoms with E-state index < -0.39 is 0 Å². The maximum absolute atomic E-state index is 12.3. The van der Waals surface area contributed by atoms with E-state index in [0.717, 1.165) is 36.6 Å². The summed E-state index contributed by atoms with van der Waals surface area (Å²) in [5, 5.41) is 9.71. The lowest BCUT2D eigenvalue weighted by molar-refractivity contribution is -0.124. The van der Waals surface area contributed by atoms with Gasteiger partial charge in [-0.15, -0.1) is 0 Å². The number of carbonyl (C=O) groups is 1. The molecular weight excluding hydrogens is 376 g/mol. The standard InChI is InChI=1S/C24H32N4O2/c1-24(2,19-10-5-4-6-11-19)17-27-23(25-3)26-16-18-9-7-12-20(15-18)28-22(29)21-13-8-14-30-21/h4-7,9-12,15,21H,8,13-14,16-17H2,1-3H3,(H,28,29)(H2,25,26,27). The average molecular weight is 409 g/mol. The predicted octanol–water partition coefficient (Wildman–Crippen LogP) is 3.45. The number of anilines is 1. The van der Waals surface area contributed by atoms with E-state index in [1.54, 1.807) is 7.05 Å². The summed E-state index contributed by atoms with van der Waals surface area (Å²) in [6.07, 6.45) is 1.40. The van der Waals surface area contributed by atoms with Crippen molar-refractivity contribution in [3.05, 3.63) is 65.7 Å². The van der Waals surface area contributed by atoms with E-state index in [4.69, 9.17) is 4.74 Å². The van der Waals surface area contributed by atoms with E-state index in [1.807, 2.05) is 30.3 Å². The Bertz CT molecular complexity index is 859. The molecule has 0 radical (unpaired) electrons. The van der Waals surface area contributed by atoms with E-state index in [9.17, 15) is 4.79 Å². The van der Waals surface area contributed by atoms with Gasteiger partial charge in [-0.2, -0.15) is 0 Å². The van der Waals surface area contributed by atoms with Crippen molar-refractivity contribution in [3.63, 3.8) is 0 Å². The number of ether oxygens (including phenoxy) is 1. The lowest BCUT2D eigenvalue weighted by Gasteiger charge is -2.26. The second kappa shape index (κ2) is 10.3. The molecule has 1 heterocycles. The Morgan fingerprint density at radius 2 is 1.93 bits per heavy atom. The third-order valence-electron chi connectivity index (χ3n) is 5.35. The Morgan fingerprint density at radius 1 is 1.13 bits per heavy atom. The molecular formula is C24H32N4O2. The molecule has 2 aromatic carbocycles. The third kappa shape index (κ3) is 6.07. The van der Waals surface area contributed by atoms with Crippen LogP contribution in [0.2, 0.25) is 0 Å². The van der Waals surface area contributed by atoms with Crippen molar-refractivity contribution >= 4 is 17.6 Å². The van der Waals surface area contributed by atoms with Gasteiger partial charge in [-0.25, -0.2) is 0 Å². The molecule has 3 rings (SSSR count). The maximum Gasteiger partial charge on any atom is 0.253 e. The van der Waals surface area contributed by atoms with Gasteiger partial charge >= 0.3 is 0 Å². The lowest BCUT2D eigenvalue weighted by atomic mass is 9.85. The highest BCUT2D eigenvalue weighted by molar-refractivity contribution is 5.94. The molecule has 1 atom stereocenters. The highest BCUT2D eigenvalue weighted by Crippen LogP contribution is 2.21. The van der Waals surface area contributed by atoms with E-state index >= 15 is 0 Å². The Labute approximate surface area is 179 Å². The predicted molar refractivity (Wildman–Crippen MR) is 122 cm³/mol. The fourth-order valence-electron chi connectivity index (χ4n) is 3.47. The number of aliphatic imine (C=N–C) groups is 1. The van der Waals surface area contributed by atoms with Crippen molar-refractivity contribution in [1.82, 2.24) is 10.6 Å². The van der Waals surface area contributed by atoms with Crippen LogP contribution in [-0.4, -0.2) is 38.2 Å². The van der Waals surface area contributed by atoms with Crippen molar-refractivity contribution < 1.29 is 9.53 Å². The second-order valence-corrected chi connectivity index (χ2v) is 8.22. The molecule has 6 nitrogen and oxygen atoms in total. The summed E-state index contributed by atoms with van der Waals surface area (Å²) in [6, 6.07) is 18.3. The van der Waals surface area contributed by atoms with E-state index in [2.05, 4.69) is 59.1 Å². The number of rotatable bonds is 7. The molecule has 0 aromatic heterocycles. The molecule has 1 amide bonds. The number of hydrogen-bond acceptors (Lipinski definition) is 3. The van der Waals surface area contributed by atoms with Crippen LogP contribution in [0.1, 0.15) is 37.8 Å². The molecule has 3 N–H and O–H groups in total. The Balaban J connectivity index is 1.51. The molecule has 0 saturated carbocycles. The number of amides is 1. The summed E-state index contributed by atoms with van der Waals surface area (Å²) in [4.78, 5) is 16.6. The van der Waals surface area contributed by atoms with E-state index in [-0.39, 0.29) is 17.4 Å². The van der Waals surface area contributed by atoms with Crippen molar-refractivity contribution in [1.29, 1.82) is 0 Å². The zero-order valence-corrected chi connectivity index (χ0v) is 18.1. The van der Waals surface area contributed by atoms with Crippen LogP contribution >= 0.6 is 0 Å². The Morgan fingerprint density at radius 3 is 2.63 bits per heavy atom. The Kier molecular flexibility index (Phi) is 7.46. The zero-order valence-electron chi connectivity index (χ0n) is 18.1. The lowest BCUT2D eigenvalue weighted by Crippen LogP contribution is -2.43. The summed E-state index contributed by atoms with van der Waals surface area (Å²) < 4.78 is 5.45. The summed E-state index contributed by atoms with van der Waals surface area (Å²) in [7, 11) is 1.77. The summed E-state index contributed by atoms with van der Waals surface area (Å²) in [6.45, 7) is 6.45. The van der Waals surface area contributed by atoms with Crippen LogP contribution in [0.5, 0.6) is 0 Å². The average Bonchev–Trinajstić information content (AvgIpc) is 3.30. The first-order chi connectivity index (χ1) is 14.5. The topological polar surface area (TPSA) is 74.8 Å². The molecule has 6 heteroatoms. The molecule has 2 aromatic rings. The van der Waals surface area contributed by atoms with Crippen LogP contribution in [0, 0.1) is 0 Å². The van der Waals surface area contributed by atoms with Crippen molar-refractivity contribution in [2.24, 2.45) is 4.99 Å². The normalized spacial score (nSPS) is 16.9. The molecule has 0 bridgehead atoms. The van der Waals surface area contributed by atoms with Crippen molar-refractivity contribution in [3.8, 4) is 0 Å². The maximum atomic E-state index is 12.3. The van der Waals surface area contributed by atoms with Crippen molar-refractivity contribution in [2.75, 3.05) is 25.5 Å². The van der Waals surface area contributed by atoms with Crippen LogP contribution in [0.4, 0.5) is 5.69 Å². The fraction of sp³-hybridized carbons (Fsp3) is 0.417. The number of guanidine groups is 1. The van der Waals surface area contributed by atoms with E-state index in [1.165, 1.54) is 5.56 Å². The molecule has 1 aliphatic rings. The Hall–Kier alpha value is -2.86. The summed E-state index contributed by atoms with van der Waals surface area (Å²) in [5.41, 5.74) is 3.10. The number of nitrogens with one attached hydrogen (secondary N) is 3. The van der Waals surface area contributed by atoms with Crippen LogP contribution in [-0.2, 0) is 21.5 Å². The fourth-order valence-corrected chi connectivity index (χ4v) is 3.47. The number of carbonyl (C=O) groups excluding carboxylic acids is 1. The van der Waals surface area contributed by atoms with Gasteiger partial charge in [0.2, 0.25) is 0 Å². The largest absolute Gasteiger partial charge is 0.368 e. The minimum atomic E-state index is -0.331. The van der Waals surface area contributed by atoms with Crippen LogP contribution in [0.15, 0.2) is 59.6 Å². The van der Waals surface area contributed by atoms with Gasteiger partial charge in [0.15, 0.2) is 5.96 Å². The van der Waals surface area contributed by atoms with Crippen molar-refractivity contribution in [2.45, 2.75) is 44.8 Å². The molecule has 0 spiro atoms.